The maximum absolute atomic E-state index is 11.0. The Morgan fingerprint density at radius 1 is 1.63 bits per heavy atom. The lowest BCUT2D eigenvalue weighted by atomic mass is 9.98. The standard InChI is InChI=1S/C13H16N4O2/c1-9-3-2-4-11(9)8-16-13-12(17(18)19)5-10(6-14)7-15-13/h5,7,9,11H,2-4,8H2,1H3,(H,15,16). The number of nitriles is 1. The second-order valence-corrected chi connectivity index (χ2v) is 5.01. The van der Waals surface area contributed by atoms with Gasteiger partial charge in [0.05, 0.1) is 10.5 Å². The predicted molar refractivity (Wildman–Crippen MR) is 70.6 cm³/mol. The minimum Gasteiger partial charge on any atom is -0.364 e. The molecule has 2 rings (SSSR count). The zero-order valence-corrected chi connectivity index (χ0v) is 10.8. The molecule has 0 saturated heterocycles. The van der Waals surface area contributed by atoms with Crippen molar-refractivity contribution in [3.8, 4) is 6.07 Å². The molecule has 0 aromatic carbocycles. The van der Waals surface area contributed by atoms with Crippen LogP contribution in [0.3, 0.4) is 0 Å². The lowest BCUT2D eigenvalue weighted by molar-refractivity contribution is -0.384. The summed E-state index contributed by atoms with van der Waals surface area (Å²) in [5, 5.41) is 22.8. The Kier molecular flexibility index (Phi) is 3.95. The van der Waals surface area contributed by atoms with Crippen LogP contribution in [0.5, 0.6) is 0 Å². The van der Waals surface area contributed by atoms with Crippen LogP contribution < -0.4 is 5.32 Å². The molecule has 0 bridgehead atoms. The van der Waals surface area contributed by atoms with E-state index in [1.165, 1.54) is 25.1 Å². The third-order valence-corrected chi connectivity index (χ3v) is 3.76. The molecule has 6 heteroatoms. The van der Waals surface area contributed by atoms with Gasteiger partial charge in [0.2, 0.25) is 5.82 Å². The Labute approximate surface area is 111 Å². The van der Waals surface area contributed by atoms with Crippen LogP contribution in [0, 0.1) is 33.3 Å². The highest BCUT2D eigenvalue weighted by atomic mass is 16.6. The molecule has 2 unspecified atom stereocenters. The van der Waals surface area contributed by atoms with Crippen molar-refractivity contribution in [3.63, 3.8) is 0 Å². The van der Waals surface area contributed by atoms with Crippen molar-refractivity contribution in [2.45, 2.75) is 26.2 Å². The Hall–Kier alpha value is -2.16. The molecule has 1 aliphatic rings. The first kappa shape index (κ1) is 13.3. The normalized spacial score (nSPS) is 21.9. The summed E-state index contributed by atoms with van der Waals surface area (Å²) in [6.45, 7) is 2.90. The predicted octanol–water partition coefficient (Wildman–Crippen LogP) is 2.71. The van der Waals surface area contributed by atoms with Crippen LogP contribution in [-0.2, 0) is 0 Å². The highest BCUT2D eigenvalue weighted by molar-refractivity contribution is 5.58. The molecule has 1 aliphatic carbocycles. The van der Waals surface area contributed by atoms with Gasteiger partial charge in [0.25, 0.3) is 0 Å². The molecule has 100 valence electrons. The first-order valence-corrected chi connectivity index (χ1v) is 6.40. The second-order valence-electron chi connectivity index (χ2n) is 5.01. The fraction of sp³-hybridized carbons (Fsp3) is 0.538. The highest BCUT2D eigenvalue weighted by Crippen LogP contribution is 2.32. The number of anilines is 1. The first-order valence-electron chi connectivity index (χ1n) is 6.40. The average Bonchev–Trinajstić information content (AvgIpc) is 2.81. The van der Waals surface area contributed by atoms with Gasteiger partial charge in [-0.1, -0.05) is 19.8 Å². The van der Waals surface area contributed by atoms with E-state index in [1.54, 1.807) is 0 Å². The quantitative estimate of drug-likeness (QED) is 0.663. The smallest absolute Gasteiger partial charge is 0.312 e. The molecule has 0 spiro atoms. The van der Waals surface area contributed by atoms with Crippen molar-refractivity contribution in [3.05, 3.63) is 27.9 Å². The van der Waals surface area contributed by atoms with E-state index in [-0.39, 0.29) is 17.1 Å². The van der Waals surface area contributed by atoms with Crippen LogP contribution in [0.15, 0.2) is 12.3 Å². The number of pyridine rings is 1. The topological polar surface area (TPSA) is 91.8 Å². The van der Waals surface area contributed by atoms with Gasteiger partial charge >= 0.3 is 5.69 Å². The Balaban J connectivity index is 2.11. The molecule has 1 fully saturated rings. The fourth-order valence-corrected chi connectivity index (χ4v) is 2.54. The minimum absolute atomic E-state index is 0.135. The van der Waals surface area contributed by atoms with Gasteiger partial charge in [0.1, 0.15) is 6.07 Å². The van der Waals surface area contributed by atoms with E-state index >= 15 is 0 Å². The zero-order chi connectivity index (χ0) is 13.8. The van der Waals surface area contributed by atoms with Crippen molar-refractivity contribution >= 4 is 11.5 Å². The summed E-state index contributed by atoms with van der Waals surface area (Å²) in [6.07, 6.45) is 4.94. The van der Waals surface area contributed by atoms with E-state index in [2.05, 4.69) is 17.2 Å². The SMILES string of the molecule is CC1CCCC1CNc1ncc(C#N)cc1[N+](=O)[O-]. The van der Waals surface area contributed by atoms with Crippen molar-refractivity contribution in [1.29, 1.82) is 5.26 Å². The van der Waals surface area contributed by atoms with E-state index < -0.39 is 4.92 Å². The van der Waals surface area contributed by atoms with E-state index in [9.17, 15) is 10.1 Å². The third-order valence-electron chi connectivity index (χ3n) is 3.76. The molecule has 6 nitrogen and oxygen atoms in total. The van der Waals surface area contributed by atoms with Gasteiger partial charge in [-0.15, -0.1) is 0 Å². The zero-order valence-electron chi connectivity index (χ0n) is 10.8. The van der Waals surface area contributed by atoms with Gasteiger partial charge in [-0.2, -0.15) is 5.26 Å². The van der Waals surface area contributed by atoms with E-state index in [1.807, 2.05) is 6.07 Å². The van der Waals surface area contributed by atoms with Crippen molar-refractivity contribution in [2.75, 3.05) is 11.9 Å². The monoisotopic (exact) mass is 260 g/mol. The molecule has 0 radical (unpaired) electrons. The Morgan fingerprint density at radius 2 is 2.42 bits per heavy atom. The molecule has 1 heterocycles. The molecule has 19 heavy (non-hydrogen) atoms. The summed E-state index contributed by atoms with van der Waals surface area (Å²) in [5.41, 5.74) is 0.0659. The molecule has 1 N–H and O–H groups in total. The van der Waals surface area contributed by atoms with E-state index in [0.29, 0.717) is 18.4 Å². The number of hydrogen-bond acceptors (Lipinski definition) is 5. The molecular weight excluding hydrogens is 244 g/mol. The van der Waals surface area contributed by atoms with Crippen molar-refractivity contribution in [2.24, 2.45) is 11.8 Å². The number of aromatic nitrogens is 1. The molecule has 1 saturated carbocycles. The summed E-state index contributed by atoms with van der Waals surface area (Å²) in [7, 11) is 0. The lowest BCUT2D eigenvalue weighted by Gasteiger charge is -2.16. The lowest BCUT2D eigenvalue weighted by Crippen LogP contribution is -2.17. The molecule has 1 aromatic heterocycles. The summed E-state index contributed by atoms with van der Waals surface area (Å²) >= 11 is 0. The fourth-order valence-electron chi connectivity index (χ4n) is 2.54. The maximum atomic E-state index is 11.0. The summed E-state index contributed by atoms with van der Waals surface area (Å²) in [5.74, 6) is 1.44. The summed E-state index contributed by atoms with van der Waals surface area (Å²) in [6, 6.07) is 3.12. The van der Waals surface area contributed by atoms with Crippen LogP contribution in [0.25, 0.3) is 0 Å². The van der Waals surface area contributed by atoms with Gasteiger partial charge in [-0.25, -0.2) is 4.98 Å². The number of nitrogens with zero attached hydrogens (tertiary/aromatic N) is 3. The van der Waals surface area contributed by atoms with E-state index in [0.717, 1.165) is 6.42 Å². The van der Waals surface area contributed by atoms with Gasteiger partial charge in [0.15, 0.2) is 0 Å². The Morgan fingerprint density at radius 3 is 3.00 bits per heavy atom. The number of nitro groups is 1. The van der Waals surface area contributed by atoms with Crippen LogP contribution in [0.1, 0.15) is 31.7 Å². The largest absolute Gasteiger partial charge is 0.364 e. The van der Waals surface area contributed by atoms with E-state index in [4.69, 9.17) is 5.26 Å². The van der Waals surface area contributed by atoms with Crippen LogP contribution in [-0.4, -0.2) is 16.5 Å². The van der Waals surface area contributed by atoms with Gasteiger partial charge < -0.3 is 5.32 Å². The molecule has 1 aromatic rings. The van der Waals surface area contributed by atoms with Crippen LogP contribution in [0.4, 0.5) is 11.5 Å². The Bertz CT molecular complexity index is 524. The second kappa shape index (κ2) is 5.65. The van der Waals surface area contributed by atoms with Gasteiger partial charge in [0, 0.05) is 18.8 Å². The van der Waals surface area contributed by atoms with Crippen molar-refractivity contribution < 1.29 is 4.92 Å². The minimum atomic E-state index is -0.506. The number of hydrogen-bond donors (Lipinski definition) is 1. The average molecular weight is 260 g/mol. The maximum Gasteiger partial charge on any atom is 0.312 e. The third kappa shape index (κ3) is 2.99. The van der Waals surface area contributed by atoms with Crippen molar-refractivity contribution in [1.82, 2.24) is 4.98 Å². The number of rotatable bonds is 4. The van der Waals surface area contributed by atoms with Crippen LogP contribution >= 0.6 is 0 Å². The molecule has 0 aliphatic heterocycles. The molecular formula is C13H16N4O2. The molecule has 2 atom stereocenters. The number of nitrogens with one attached hydrogen (secondary N) is 1. The highest BCUT2D eigenvalue weighted by Gasteiger charge is 2.24. The van der Waals surface area contributed by atoms with Gasteiger partial charge in [-0.05, 0) is 18.3 Å². The summed E-state index contributed by atoms with van der Waals surface area (Å²) < 4.78 is 0. The van der Waals surface area contributed by atoms with Crippen LogP contribution in [0.2, 0.25) is 0 Å². The first-order chi connectivity index (χ1) is 9.11. The molecule has 0 amide bonds. The van der Waals surface area contributed by atoms with Gasteiger partial charge in [-0.3, -0.25) is 10.1 Å². The summed E-state index contributed by atoms with van der Waals surface area (Å²) in [4.78, 5) is 14.4.